The van der Waals surface area contributed by atoms with Crippen molar-refractivity contribution in [2.75, 3.05) is 14.2 Å². The van der Waals surface area contributed by atoms with Gasteiger partial charge in [0, 0.05) is 13.0 Å². The van der Waals surface area contributed by atoms with Gasteiger partial charge in [0.1, 0.15) is 17.2 Å². The average Bonchev–Trinajstić information content (AvgIpc) is 2.46. The van der Waals surface area contributed by atoms with Crippen LogP contribution in [0.25, 0.3) is 11.1 Å². The first-order valence-electron chi connectivity index (χ1n) is 6.14. The fourth-order valence-corrected chi connectivity index (χ4v) is 1.88. The second-order valence-corrected chi connectivity index (χ2v) is 4.22. The maximum absolute atomic E-state index is 11.0. The maximum Gasteiger partial charge on any atom is 0.308 e. The van der Waals surface area contributed by atoms with Crippen molar-refractivity contribution >= 4 is 5.97 Å². The molecule has 0 heterocycles. The molecule has 0 saturated heterocycles. The molecule has 0 radical (unpaired) electrons. The third kappa shape index (κ3) is 3.29. The van der Waals surface area contributed by atoms with Crippen LogP contribution in [-0.2, 0) is 4.79 Å². The smallest absolute Gasteiger partial charge is 0.308 e. The van der Waals surface area contributed by atoms with Gasteiger partial charge in [-0.3, -0.25) is 4.79 Å². The first kappa shape index (κ1) is 13.9. The number of hydrogen-bond donors (Lipinski definition) is 0. The monoisotopic (exact) mass is 272 g/mol. The number of ether oxygens (including phenoxy) is 3. The molecule has 0 N–H and O–H groups in total. The van der Waals surface area contributed by atoms with Gasteiger partial charge in [0.2, 0.25) is 0 Å². The van der Waals surface area contributed by atoms with E-state index in [2.05, 4.69) is 0 Å². The highest BCUT2D eigenvalue weighted by atomic mass is 16.5. The van der Waals surface area contributed by atoms with Crippen LogP contribution < -0.4 is 14.2 Å². The Hall–Kier alpha value is -2.49. The average molecular weight is 272 g/mol. The maximum atomic E-state index is 11.0. The molecule has 0 fully saturated rings. The summed E-state index contributed by atoms with van der Waals surface area (Å²) >= 11 is 0. The summed E-state index contributed by atoms with van der Waals surface area (Å²) in [7, 11) is 3.21. The van der Waals surface area contributed by atoms with Crippen LogP contribution in [0.15, 0.2) is 42.5 Å². The Morgan fingerprint density at radius 3 is 2.00 bits per heavy atom. The van der Waals surface area contributed by atoms with Crippen molar-refractivity contribution in [2.45, 2.75) is 6.92 Å². The molecule has 0 aromatic heterocycles. The summed E-state index contributed by atoms with van der Waals surface area (Å²) in [5.41, 5.74) is 1.84. The third-order valence-corrected chi connectivity index (χ3v) is 2.78. The number of carbonyl (C=O) groups is 1. The van der Waals surface area contributed by atoms with Crippen LogP contribution in [0.1, 0.15) is 6.92 Å². The highest BCUT2D eigenvalue weighted by molar-refractivity contribution is 5.72. The predicted molar refractivity (Wildman–Crippen MR) is 76.3 cm³/mol. The molecule has 0 aliphatic heterocycles. The summed E-state index contributed by atoms with van der Waals surface area (Å²) in [6.07, 6.45) is 0. The zero-order chi connectivity index (χ0) is 14.5. The van der Waals surface area contributed by atoms with Gasteiger partial charge < -0.3 is 14.2 Å². The van der Waals surface area contributed by atoms with E-state index in [1.807, 2.05) is 24.3 Å². The van der Waals surface area contributed by atoms with E-state index in [1.54, 1.807) is 32.4 Å². The molecule has 4 heteroatoms. The summed E-state index contributed by atoms with van der Waals surface area (Å²) in [5.74, 6) is 1.58. The first-order valence-corrected chi connectivity index (χ1v) is 6.14. The van der Waals surface area contributed by atoms with Crippen molar-refractivity contribution in [3.63, 3.8) is 0 Å². The van der Waals surface area contributed by atoms with E-state index in [1.165, 1.54) is 6.92 Å². The Kier molecular flexibility index (Phi) is 4.25. The molecule has 0 saturated carbocycles. The zero-order valence-electron chi connectivity index (χ0n) is 11.7. The molecule has 0 bridgehead atoms. The van der Waals surface area contributed by atoms with Crippen LogP contribution in [0.3, 0.4) is 0 Å². The number of hydrogen-bond acceptors (Lipinski definition) is 4. The number of esters is 1. The van der Waals surface area contributed by atoms with Gasteiger partial charge in [-0.15, -0.1) is 0 Å². The summed E-state index contributed by atoms with van der Waals surface area (Å²) in [6.45, 7) is 1.38. The van der Waals surface area contributed by atoms with Crippen molar-refractivity contribution in [1.82, 2.24) is 0 Å². The Morgan fingerprint density at radius 2 is 1.45 bits per heavy atom. The van der Waals surface area contributed by atoms with E-state index < -0.39 is 0 Å². The molecule has 0 atom stereocenters. The number of methoxy groups -OCH3 is 2. The summed E-state index contributed by atoms with van der Waals surface area (Å²) in [5, 5.41) is 0. The summed E-state index contributed by atoms with van der Waals surface area (Å²) < 4.78 is 15.6. The second-order valence-electron chi connectivity index (χ2n) is 4.22. The summed E-state index contributed by atoms with van der Waals surface area (Å²) in [6, 6.07) is 12.9. The van der Waals surface area contributed by atoms with Crippen LogP contribution in [0.2, 0.25) is 0 Å². The third-order valence-electron chi connectivity index (χ3n) is 2.78. The lowest BCUT2D eigenvalue weighted by Gasteiger charge is -2.09. The zero-order valence-corrected chi connectivity index (χ0v) is 11.7. The molecular weight excluding hydrogens is 256 g/mol. The lowest BCUT2D eigenvalue weighted by molar-refractivity contribution is -0.131. The fraction of sp³-hybridized carbons (Fsp3) is 0.188. The van der Waals surface area contributed by atoms with Gasteiger partial charge in [0.05, 0.1) is 14.2 Å². The van der Waals surface area contributed by atoms with Gasteiger partial charge in [0.15, 0.2) is 0 Å². The van der Waals surface area contributed by atoms with Crippen LogP contribution in [-0.4, -0.2) is 20.2 Å². The van der Waals surface area contributed by atoms with Crippen LogP contribution in [0, 0.1) is 0 Å². The predicted octanol–water partition coefficient (Wildman–Crippen LogP) is 3.30. The van der Waals surface area contributed by atoms with E-state index >= 15 is 0 Å². The van der Waals surface area contributed by atoms with Gasteiger partial charge in [-0.25, -0.2) is 0 Å². The molecule has 2 aromatic carbocycles. The number of benzene rings is 2. The van der Waals surface area contributed by atoms with Crippen molar-refractivity contribution in [3.8, 4) is 28.4 Å². The van der Waals surface area contributed by atoms with E-state index in [0.717, 1.165) is 11.1 Å². The lowest BCUT2D eigenvalue weighted by Crippen LogP contribution is -2.01. The van der Waals surface area contributed by atoms with Crippen molar-refractivity contribution < 1.29 is 19.0 Å². The van der Waals surface area contributed by atoms with Crippen molar-refractivity contribution in [3.05, 3.63) is 42.5 Å². The topological polar surface area (TPSA) is 44.8 Å². The van der Waals surface area contributed by atoms with Crippen LogP contribution >= 0.6 is 0 Å². The van der Waals surface area contributed by atoms with E-state index in [9.17, 15) is 4.79 Å². The highest BCUT2D eigenvalue weighted by Crippen LogP contribution is 2.31. The molecule has 0 unspecified atom stereocenters. The first-order chi connectivity index (χ1) is 9.62. The molecular formula is C16H16O4. The standard InChI is InChI=1S/C16H16O4/c1-11(17)20-14-6-4-5-12(7-14)13-8-15(18-2)10-16(9-13)19-3/h4-10H,1-3H3. The number of rotatable bonds is 4. The van der Waals surface area contributed by atoms with E-state index in [-0.39, 0.29) is 5.97 Å². The number of carbonyl (C=O) groups excluding carboxylic acids is 1. The Bertz CT molecular complexity index is 597. The molecule has 20 heavy (non-hydrogen) atoms. The Labute approximate surface area is 117 Å². The normalized spacial score (nSPS) is 9.95. The van der Waals surface area contributed by atoms with Gasteiger partial charge in [0.25, 0.3) is 0 Å². The summed E-state index contributed by atoms with van der Waals surface area (Å²) in [4.78, 5) is 11.0. The Morgan fingerprint density at radius 1 is 0.850 bits per heavy atom. The molecule has 2 rings (SSSR count). The molecule has 0 aliphatic rings. The highest BCUT2D eigenvalue weighted by Gasteiger charge is 2.06. The Balaban J connectivity index is 2.42. The van der Waals surface area contributed by atoms with Gasteiger partial charge in [-0.05, 0) is 35.4 Å². The molecule has 0 aliphatic carbocycles. The van der Waals surface area contributed by atoms with Gasteiger partial charge >= 0.3 is 5.97 Å². The van der Waals surface area contributed by atoms with Crippen molar-refractivity contribution in [1.29, 1.82) is 0 Å². The molecule has 104 valence electrons. The molecule has 0 amide bonds. The van der Waals surface area contributed by atoms with Crippen LogP contribution in [0.4, 0.5) is 0 Å². The molecule has 0 spiro atoms. The minimum absolute atomic E-state index is 0.342. The van der Waals surface area contributed by atoms with E-state index in [0.29, 0.717) is 17.2 Å². The van der Waals surface area contributed by atoms with Gasteiger partial charge in [-0.2, -0.15) is 0 Å². The van der Waals surface area contributed by atoms with E-state index in [4.69, 9.17) is 14.2 Å². The largest absolute Gasteiger partial charge is 0.497 e. The van der Waals surface area contributed by atoms with Crippen LogP contribution in [0.5, 0.6) is 17.2 Å². The SMILES string of the molecule is COc1cc(OC)cc(-c2cccc(OC(C)=O)c2)c1. The minimum atomic E-state index is -0.342. The van der Waals surface area contributed by atoms with Gasteiger partial charge in [-0.1, -0.05) is 12.1 Å². The minimum Gasteiger partial charge on any atom is -0.497 e. The molecule has 4 nitrogen and oxygen atoms in total. The molecule has 2 aromatic rings. The lowest BCUT2D eigenvalue weighted by atomic mass is 10.0. The fourth-order valence-electron chi connectivity index (χ4n) is 1.88. The quantitative estimate of drug-likeness (QED) is 0.633. The second kappa shape index (κ2) is 6.10. The van der Waals surface area contributed by atoms with Crippen molar-refractivity contribution in [2.24, 2.45) is 0 Å².